The maximum Gasteiger partial charge on any atom is 0.272 e. The van der Waals surface area contributed by atoms with Crippen molar-refractivity contribution in [1.29, 1.82) is 0 Å². The summed E-state index contributed by atoms with van der Waals surface area (Å²) in [6.07, 6.45) is 0. The van der Waals surface area contributed by atoms with Crippen molar-refractivity contribution < 1.29 is 8.90 Å². The van der Waals surface area contributed by atoms with Crippen LogP contribution in [0.15, 0.2) is 24.3 Å². The van der Waals surface area contributed by atoms with Gasteiger partial charge in [0, 0.05) is 5.56 Å². The van der Waals surface area contributed by atoms with E-state index in [9.17, 15) is 8.90 Å². The van der Waals surface area contributed by atoms with Crippen molar-refractivity contribution in [3.05, 3.63) is 29.8 Å². The van der Waals surface area contributed by atoms with Gasteiger partial charge in [0.25, 0.3) is 8.41 Å². The van der Waals surface area contributed by atoms with Crippen LogP contribution in [0.2, 0.25) is 13.1 Å². The Morgan fingerprint density at radius 1 is 1.31 bits per heavy atom. The molecule has 0 aliphatic rings. The lowest BCUT2D eigenvalue weighted by atomic mass is 10.1. The summed E-state index contributed by atoms with van der Waals surface area (Å²) < 4.78 is 13.7. The number of carbonyl (C=O) groups is 1. The monoisotopic (exact) mass is 196 g/mol. The number of hydrogen-bond donors (Lipinski definition) is 0. The summed E-state index contributed by atoms with van der Waals surface area (Å²) in [6, 6.07) is 6.94. The van der Waals surface area contributed by atoms with Gasteiger partial charge in [-0.05, 0) is 25.2 Å². The zero-order chi connectivity index (χ0) is 10.1. The Bertz CT molecular complexity index is 328. The van der Waals surface area contributed by atoms with Crippen LogP contribution in [0.25, 0.3) is 0 Å². The normalized spacial score (nSPS) is 11.4. The van der Waals surface area contributed by atoms with Crippen molar-refractivity contribution >= 4 is 19.4 Å². The van der Waals surface area contributed by atoms with E-state index in [-0.39, 0.29) is 5.78 Å². The van der Waals surface area contributed by atoms with Crippen LogP contribution < -0.4 is 5.19 Å². The first-order valence-electron chi connectivity index (χ1n) is 4.22. The molecule has 0 radical (unpaired) electrons. The first-order chi connectivity index (χ1) is 5.93. The van der Waals surface area contributed by atoms with E-state index in [1.807, 2.05) is 0 Å². The lowest BCUT2D eigenvalue weighted by Gasteiger charge is -2.14. The largest absolute Gasteiger partial charge is 0.308 e. The highest BCUT2D eigenvalue weighted by atomic mass is 28.4. The average molecular weight is 196 g/mol. The number of benzene rings is 1. The number of Topliss-reactive ketones (excluding diaryl/α,β-unsaturated/α-hetero) is 1. The van der Waals surface area contributed by atoms with E-state index >= 15 is 0 Å². The highest BCUT2D eigenvalue weighted by Crippen LogP contribution is 2.08. The molecule has 13 heavy (non-hydrogen) atoms. The van der Waals surface area contributed by atoms with Crippen molar-refractivity contribution in [2.45, 2.75) is 20.0 Å². The summed E-state index contributed by atoms with van der Waals surface area (Å²) in [4.78, 5) is 11.2. The number of halogens is 1. The Morgan fingerprint density at radius 2 is 1.85 bits per heavy atom. The zero-order valence-corrected chi connectivity index (χ0v) is 9.10. The summed E-state index contributed by atoms with van der Waals surface area (Å²) in [6.45, 7) is 4.66. The van der Waals surface area contributed by atoms with Gasteiger partial charge in [-0.3, -0.25) is 4.79 Å². The minimum Gasteiger partial charge on any atom is -0.308 e. The third-order valence-electron chi connectivity index (χ3n) is 1.95. The quantitative estimate of drug-likeness (QED) is 0.403. The van der Waals surface area contributed by atoms with Gasteiger partial charge in [0.15, 0.2) is 5.78 Å². The maximum absolute atomic E-state index is 13.7. The summed E-state index contributed by atoms with van der Waals surface area (Å²) in [5.41, 5.74) is 0.529. The fourth-order valence-corrected chi connectivity index (χ4v) is 2.70. The van der Waals surface area contributed by atoms with Gasteiger partial charge in [0.05, 0.1) is 0 Å². The van der Waals surface area contributed by atoms with Crippen LogP contribution in [0.4, 0.5) is 4.11 Å². The predicted octanol–water partition coefficient (Wildman–Crippen LogP) is 2.27. The van der Waals surface area contributed by atoms with Crippen LogP contribution in [-0.2, 0) is 0 Å². The standard InChI is InChI=1S/C10H13FOSi/c1-8(12)9-6-4-5-7-10(9)13(2,3)11/h4-7H,1-3H3. The van der Waals surface area contributed by atoms with Crippen molar-refractivity contribution in [2.24, 2.45) is 0 Å². The van der Waals surface area contributed by atoms with Gasteiger partial charge in [-0.25, -0.2) is 0 Å². The zero-order valence-electron chi connectivity index (χ0n) is 8.10. The smallest absolute Gasteiger partial charge is 0.272 e. The lowest BCUT2D eigenvalue weighted by Crippen LogP contribution is -2.39. The molecule has 0 saturated carbocycles. The van der Waals surface area contributed by atoms with E-state index in [0.29, 0.717) is 10.8 Å². The van der Waals surface area contributed by atoms with Gasteiger partial charge in [0.1, 0.15) is 0 Å². The lowest BCUT2D eigenvalue weighted by molar-refractivity contribution is 0.101. The Hall–Kier alpha value is -0.963. The Labute approximate surface area is 78.8 Å². The molecule has 0 N–H and O–H groups in total. The van der Waals surface area contributed by atoms with Crippen LogP contribution in [-0.4, -0.2) is 14.2 Å². The van der Waals surface area contributed by atoms with Gasteiger partial charge in [-0.1, -0.05) is 24.3 Å². The summed E-state index contributed by atoms with van der Waals surface area (Å²) in [5.74, 6) is -0.0613. The average Bonchev–Trinajstić information content (AvgIpc) is 2.03. The summed E-state index contributed by atoms with van der Waals surface area (Å²) in [5, 5.41) is 0.600. The first-order valence-corrected chi connectivity index (χ1v) is 7.10. The highest BCUT2D eigenvalue weighted by Gasteiger charge is 2.27. The first kappa shape index (κ1) is 10.1. The number of ketones is 1. The minimum absolute atomic E-state index is 0.0613. The van der Waals surface area contributed by atoms with E-state index < -0.39 is 8.41 Å². The molecular weight excluding hydrogens is 183 g/mol. The molecule has 0 atom stereocenters. The molecule has 1 aromatic carbocycles. The van der Waals surface area contributed by atoms with Crippen molar-refractivity contribution in [3.8, 4) is 0 Å². The van der Waals surface area contributed by atoms with E-state index in [0.717, 1.165) is 0 Å². The third-order valence-corrected chi connectivity index (χ3v) is 3.66. The third kappa shape index (κ3) is 2.25. The number of hydrogen-bond acceptors (Lipinski definition) is 1. The predicted molar refractivity (Wildman–Crippen MR) is 54.7 cm³/mol. The molecule has 1 aromatic rings. The van der Waals surface area contributed by atoms with Crippen LogP contribution >= 0.6 is 0 Å². The second-order valence-corrected chi connectivity index (χ2v) is 7.06. The van der Waals surface area contributed by atoms with Gasteiger partial charge in [-0.2, -0.15) is 0 Å². The van der Waals surface area contributed by atoms with E-state index in [2.05, 4.69) is 0 Å². The Morgan fingerprint density at radius 3 is 2.23 bits per heavy atom. The second-order valence-electron chi connectivity index (χ2n) is 3.57. The molecule has 0 aliphatic heterocycles. The molecule has 1 rings (SSSR count). The van der Waals surface area contributed by atoms with Gasteiger partial charge in [-0.15, -0.1) is 0 Å². The molecule has 3 heteroatoms. The van der Waals surface area contributed by atoms with Crippen LogP contribution in [0.1, 0.15) is 17.3 Å². The Balaban J connectivity index is 3.28. The van der Waals surface area contributed by atoms with E-state index in [1.165, 1.54) is 6.92 Å². The second kappa shape index (κ2) is 3.42. The molecular formula is C10H13FOSi. The van der Waals surface area contributed by atoms with Crippen LogP contribution in [0.3, 0.4) is 0 Å². The fraction of sp³-hybridized carbons (Fsp3) is 0.300. The van der Waals surface area contributed by atoms with Crippen LogP contribution in [0.5, 0.6) is 0 Å². The van der Waals surface area contributed by atoms with Gasteiger partial charge >= 0.3 is 0 Å². The molecule has 1 nitrogen and oxygen atoms in total. The molecule has 0 spiro atoms. The van der Waals surface area contributed by atoms with E-state index in [1.54, 1.807) is 37.4 Å². The Kier molecular flexibility index (Phi) is 2.66. The van der Waals surface area contributed by atoms with Gasteiger partial charge < -0.3 is 4.11 Å². The van der Waals surface area contributed by atoms with Crippen molar-refractivity contribution in [3.63, 3.8) is 0 Å². The topological polar surface area (TPSA) is 17.1 Å². The number of carbonyl (C=O) groups excluding carboxylic acids is 1. The molecule has 0 fully saturated rings. The van der Waals surface area contributed by atoms with Crippen molar-refractivity contribution in [1.82, 2.24) is 0 Å². The summed E-state index contributed by atoms with van der Waals surface area (Å²) >= 11 is 0. The SMILES string of the molecule is CC(=O)c1ccccc1[Si](C)(C)F. The molecule has 0 saturated heterocycles. The van der Waals surface area contributed by atoms with Crippen LogP contribution in [0, 0.1) is 0 Å². The minimum atomic E-state index is -2.86. The number of rotatable bonds is 2. The van der Waals surface area contributed by atoms with Crippen molar-refractivity contribution in [2.75, 3.05) is 0 Å². The van der Waals surface area contributed by atoms with E-state index in [4.69, 9.17) is 0 Å². The molecule has 0 aliphatic carbocycles. The molecule has 0 unspecified atom stereocenters. The summed E-state index contributed by atoms with van der Waals surface area (Å²) in [7, 11) is -2.86. The fourth-order valence-electron chi connectivity index (χ4n) is 1.31. The molecule has 70 valence electrons. The molecule has 0 amide bonds. The molecule has 0 aromatic heterocycles. The maximum atomic E-state index is 13.7. The molecule has 0 bridgehead atoms. The highest BCUT2D eigenvalue weighted by molar-refractivity contribution is 6.84. The van der Waals surface area contributed by atoms with Gasteiger partial charge in [0.2, 0.25) is 0 Å². The molecule has 0 heterocycles.